The summed E-state index contributed by atoms with van der Waals surface area (Å²) in [4.78, 5) is 13.2. The van der Waals surface area contributed by atoms with Crippen LogP contribution >= 0.6 is 11.3 Å². The molecule has 2 aromatic rings. The van der Waals surface area contributed by atoms with E-state index in [1.54, 1.807) is 0 Å². The number of thiazole rings is 1. The van der Waals surface area contributed by atoms with E-state index in [1.807, 2.05) is 30.3 Å². The fourth-order valence-electron chi connectivity index (χ4n) is 1.96. The first-order valence-corrected chi connectivity index (χ1v) is 8.59. The molecule has 114 valence electrons. The molecule has 2 rings (SSSR count). The minimum Gasteiger partial charge on any atom is -0.395 e. The number of nitrogens with one attached hydrogen (secondary N) is 2. The predicted octanol–water partition coefficient (Wildman–Crippen LogP) is 0.627. The van der Waals surface area contributed by atoms with Crippen LogP contribution in [0.2, 0.25) is 0 Å². The quantitative estimate of drug-likeness (QED) is 0.724. The first kappa shape index (κ1) is 15.9. The molecule has 21 heavy (non-hydrogen) atoms. The molecule has 0 aliphatic heterocycles. The zero-order valence-corrected chi connectivity index (χ0v) is 13.0. The molecule has 0 radical (unpaired) electrons. The standard InChI is InChI=1S/C13H16N2O4S2/c1-9-12(20-13(17)14-9)21(18,19)15-11(8-16)7-10-5-3-2-4-6-10/h2-6,11,15-16H,7-8H2,1H3,(H,14,17)/t11-/m1/s1. The Morgan fingerprint density at radius 1 is 1.33 bits per heavy atom. The van der Waals surface area contributed by atoms with Gasteiger partial charge >= 0.3 is 4.87 Å². The highest BCUT2D eigenvalue weighted by molar-refractivity contribution is 7.91. The van der Waals surface area contributed by atoms with Crippen LogP contribution in [-0.2, 0) is 16.4 Å². The Morgan fingerprint density at radius 3 is 2.52 bits per heavy atom. The zero-order valence-electron chi connectivity index (χ0n) is 11.4. The van der Waals surface area contributed by atoms with Crippen LogP contribution in [0.5, 0.6) is 0 Å². The van der Waals surface area contributed by atoms with Gasteiger partial charge in [-0.1, -0.05) is 41.7 Å². The normalized spacial score (nSPS) is 13.2. The minimum atomic E-state index is -3.82. The SMILES string of the molecule is Cc1[nH]c(=O)sc1S(=O)(=O)N[C@@H](CO)Cc1ccccc1. The summed E-state index contributed by atoms with van der Waals surface area (Å²) in [6, 6.07) is 8.63. The lowest BCUT2D eigenvalue weighted by Crippen LogP contribution is -2.39. The van der Waals surface area contributed by atoms with E-state index >= 15 is 0 Å². The molecule has 1 aromatic heterocycles. The Labute approximate surface area is 126 Å². The molecular weight excluding hydrogens is 312 g/mol. The summed E-state index contributed by atoms with van der Waals surface area (Å²) in [6.07, 6.45) is 0.370. The molecule has 0 unspecified atom stereocenters. The number of aryl methyl sites for hydroxylation is 1. The third-order valence-electron chi connectivity index (χ3n) is 2.89. The van der Waals surface area contributed by atoms with Crippen molar-refractivity contribution in [3.05, 3.63) is 51.3 Å². The highest BCUT2D eigenvalue weighted by Gasteiger charge is 2.24. The first-order valence-electron chi connectivity index (χ1n) is 6.29. The van der Waals surface area contributed by atoms with E-state index in [-0.39, 0.29) is 10.8 Å². The van der Waals surface area contributed by atoms with Gasteiger partial charge in [0.1, 0.15) is 0 Å². The molecule has 0 aliphatic carbocycles. The molecule has 0 fully saturated rings. The Hall–Kier alpha value is -1.48. The van der Waals surface area contributed by atoms with Gasteiger partial charge in [0.05, 0.1) is 6.61 Å². The average Bonchev–Trinajstić information content (AvgIpc) is 2.79. The van der Waals surface area contributed by atoms with Crippen LogP contribution in [0.3, 0.4) is 0 Å². The number of aromatic nitrogens is 1. The first-order chi connectivity index (χ1) is 9.92. The number of aromatic amines is 1. The van der Waals surface area contributed by atoms with E-state index in [0.717, 1.165) is 5.56 Å². The Balaban J connectivity index is 2.18. The molecule has 0 aliphatic rings. The van der Waals surface area contributed by atoms with E-state index in [0.29, 0.717) is 23.5 Å². The maximum atomic E-state index is 12.3. The van der Waals surface area contributed by atoms with E-state index in [2.05, 4.69) is 9.71 Å². The molecular formula is C13H16N2O4S2. The van der Waals surface area contributed by atoms with Gasteiger partial charge in [0.25, 0.3) is 10.0 Å². The van der Waals surface area contributed by atoms with Crippen LogP contribution in [0, 0.1) is 6.92 Å². The summed E-state index contributed by atoms with van der Waals surface area (Å²) < 4.78 is 26.9. The Kier molecular flexibility index (Phi) is 4.94. The van der Waals surface area contributed by atoms with Crippen LogP contribution in [0.4, 0.5) is 0 Å². The maximum absolute atomic E-state index is 12.3. The lowest BCUT2D eigenvalue weighted by molar-refractivity contribution is 0.256. The van der Waals surface area contributed by atoms with Crippen molar-refractivity contribution in [3.63, 3.8) is 0 Å². The van der Waals surface area contributed by atoms with Crippen molar-refractivity contribution in [2.45, 2.75) is 23.6 Å². The van der Waals surface area contributed by atoms with Gasteiger partial charge < -0.3 is 10.1 Å². The predicted molar refractivity (Wildman–Crippen MR) is 81.0 cm³/mol. The highest BCUT2D eigenvalue weighted by atomic mass is 32.2. The third kappa shape index (κ3) is 4.01. The summed E-state index contributed by atoms with van der Waals surface area (Å²) in [5.41, 5.74) is 1.21. The van der Waals surface area contributed by atoms with Crippen molar-refractivity contribution in [2.24, 2.45) is 0 Å². The smallest absolute Gasteiger partial charge is 0.305 e. The lowest BCUT2D eigenvalue weighted by Gasteiger charge is -2.16. The second-order valence-electron chi connectivity index (χ2n) is 4.62. The monoisotopic (exact) mass is 328 g/mol. The Bertz CT molecular complexity index is 750. The number of H-pyrrole nitrogens is 1. The summed E-state index contributed by atoms with van der Waals surface area (Å²) in [7, 11) is -3.82. The average molecular weight is 328 g/mol. The highest BCUT2D eigenvalue weighted by Crippen LogP contribution is 2.16. The van der Waals surface area contributed by atoms with Gasteiger partial charge in [-0.3, -0.25) is 4.79 Å². The molecule has 8 heteroatoms. The van der Waals surface area contributed by atoms with E-state index < -0.39 is 20.9 Å². The second kappa shape index (κ2) is 6.52. The molecule has 0 bridgehead atoms. The van der Waals surface area contributed by atoms with Crippen LogP contribution in [0.25, 0.3) is 0 Å². The zero-order chi connectivity index (χ0) is 15.5. The van der Waals surface area contributed by atoms with Crippen LogP contribution in [0.1, 0.15) is 11.3 Å². The van der Waals surface area contributed by atoms with Crippen molar-refractivity contribution in [2.75, 3.05) is 6.61 Å². The summed E-state index contributed by atoms with van der Waals surface area (Å²) in [5, 5.41) is 9.38. The Morgan fingerprint density at radius 2 is 2.00 bits per heavy atom. The largest absolute Gasteiger partial charge is 0.395 e. The molecule has 6 nitrogen and oxygen atoms in total. The molecule has 3 N–H and O–H groups in total. The maximum Gasteiger partial charge on any atom is 0.305 e. The van der Waals surface area contributed by atoms with Crippen LogP contribution < -0.4 is 9.60 Å². The number of hydrogen-bond acceptors (Lipinski definition) is 5. The lowest BCUT2D eigenvalue weighted by atomic mass is 10.1. The van der Waals surface area contributed by atoms with E-state index in [4.69, 9.17) is 0 Å². The summed E-state index contributed by atoms with van der Waals surface area (Å²) in [5.74, 6) is 0. The molecule has 1 atom stereocenters. The molecule has 0 saturated heterocycles. The van der Waals surface area contributed by atoms with Gasteiger partial charge in [0.15, 0.2) is 4.21 Å². The van der Waals surface area contributed by atoms with Gasteiger partial charge in [-0.2, -0.15) is 0 Å². The van der Waals surface area contributed by atoms with Gasteiger partial charge in [0, 0.05) is 11.7 Å². The minimum absolute atomic E-state index is 0.0426. The number of aliphatic hydroxyl groups excluding tert-OH is 1. The molecule has 0 spiro atoms. The number of rotatable bonds is 6. The molecule has 1 heterocycles. The van der Waals surface area contributed by atoms with Gasteiger partial charge in [-0.15, -0.1) is 0 Å². The van der Waals surface area contributed by atoms with Crippen LogP contribution in [0.15, 0.2) is 39.3 Å². The summed E-state index contributed by atoms with van der Waals surface area (Å²) in [6.45, 7) is 1.20. The number of hydrogen-bond donors (Lipinski definition) is 3. The number of sulfonamides is 1. The van der Waals surface area contributed by atoms with Crippen molar-refractivity contribution >= 4 is 21.4 Å². The summed E-state index contributed by atoms with van der Waals surface area (Å²) >= 11 is 0.637. The van der Waals surface area contributed by atoms with Crippen molar-refractivity contribution in [3.8, 4) is 0 Å². The van der Waals surface area contributed by atoms with Gasteiger partial charge in [0.2, 0.25) is 0 Å². The van der Waals surface area contributed by atoms with Crippen molar-refractivity contribution < 1.29 is 13.5 Å². The van der Waals surface area contributed by atoms with Crippen LogP contribution in [-0.4, -0.2) is 31.2 Å². The van der Waals surface area contributed by atoms with Crippen molar-refractivity contribution in [1.82, 2.24) is 9.71 Å². The molecule has 1 aromatic carbocycles. The van der Waals surface area contributed by atoms with Gasteiger partial charge in [-0.25, -0.2) is 13.1 Å². The third-order valence-corrected chi connectivity index (χ3v) is 6.02. The number of benzene rings is 1. The van der Waals surface area contributed by atoms with Crippen molar-refractivity contribution in [1.29, 1.82) is 0 Å². The molecule has 0 amide bonds. The number of aliphatic hydroxyl groups is 1. The fourth-order valence-corrected chi connectivity index (χ4v) is 4.51. The van der Waals surface area contributed by atoms with E-state index in [1.165, 1.54) is 6.92 Å². The fraction of sp³-hybridized carbons (Fsp3) is 0.308. The molecule has 0 saturated carbocycles. The second-order valence-corrected chi connectivity index (χ2v) is 7.51. The topological polar surface area (TPSA) is 99.3 Å². The van der Waals surface area contributed by atoms with E-state index in [9.17, 15) is 18.3 Å². The van der Waals surface area contributed by atoms with Gasteiger partial charge in [-0.05, 0) is 18.9 Å².